The van der Waals surface area contributed by atoms with Crippen LogP contribution >= 0.6 is 0 Å². The van der Waals surface area contributed by atoms with Crippen molar-refractivity contribution in [1.29, 1.82) is 0 Å². The van der Waals surface area contributed by atoms with Crippen LogP contribution in [-0.2, 0) is 0 Å². The molecule has 2 aromatic heterocycles. The summed E-state index contributed by atoms with van der Waals surface area (Å²) in [4.78, 5) is 22.4. The van der Waals surface area contributed by atoms with Crippen molar-refractivity contribution < 1.29 is 9.90 Å². The number of H-pyrrole nitrogens is 1. The highest BCUT2D eigenvalue weighted by molar-refractivity contribution is 5.88. The number of anilines is 1. The number of benzene rings is 1. The molecule has 0 aliphatic carbocycles. The number of aromatic carboxylic acids is 1. The lowest BCUT2D eigenvalue weighted by Crippen LogP contribution is -1.98. The van der Waals surface area contributed by atoms with Crippen LogP contribution in [0.2, 0.25) is 0 Å². The first-order valence-electron chi connectivity index (χ1n) is 6.66. The zero-order valence-corrected chi connectivity index (χ0v) is 11.9. The van der Waals surface area contributed by atoms with E-state index in [0.717, 1.165) is 11.1 Å². The Bertz CT molecular complexity index is 855. The molecule has 0 fully saturated rings. The molecule has 110 valence electrons. The molecule has 0 amide bonds. The largest absolute Gasteiger partial charge is 0.477 e. The third kappa shape index (κ3) is 2.54. The lowest BCUT2D eigenvalue weighted by molar-refractivity contribution is 0.0691. The Morgan fingerprint density at radius 1 is 1.27 bits per heavy atom. The molecule has 1 aromatic carbocycles. The van der Waals surface area contributed by atoms with E-state index in [1.807, 2.05) is 31.2 Å². The molecule has 6 heteroatoms. The topological polar surface area (TPSA) is 105 Å². The highest BCUT2D eigenvalue weighted by atomic mass is 16.4. The van der Waals surface area contributed by atoms with Gasteiger partial charge >= 0.3 is 5.97 Å². The molecule has 22 heavy (non-hydrogen) atoms. The number of nitrogens with zero attached hydrogens (tertiary/aromatic N) is 2. The lowest BCUT2D eigenvalue weighted by Gasteiger charge is -2.06. The number of nitrogen functional groups attached to an aromatic ring is 1. The first kappa shape index (κ1) is 13.8. The van der Waals surface area contributed by atoms with Crippen LogP contribution in [0.3, 0.4) is 0 Å². The molecular weight excluding hydrogens is 280 g/mol. The smallest absolute Gasteiger partial charge is 0.352 e. The van der Waals surface area contributed by atoms with Gasteiger partial charge in [0.15, 0.2) is 5.82 Å². The van der Waals surface area contributed by atoms with Crippen molar-refractivity contribution in [2.75, 3.05) is 5.73 Å². The van der Waals surface area contributed by atoms with Crippen LogP contribution in [0.4, 0.5) is 5.69 Å². The monoisotopic (exact) mass is 294 g/mol. The molecule has 0 bridgehead atoms. The molecule has 0 radical (unpaired) electrons. The first-order chi connectivity index (χ1) is 10.5. The van der Waals surface area contributed by atoms with Gasteiger partial charge in [-0.15, -0.1) is 0 Å². The zero-order valence-electron chi connectivity index (χ0n) is 11.9. The minimum Gasteiger partial charge on any atom is -0.477 e. The maximum atomic E-state index is 11.0. The summed E-state index contributed by atoms with van der Waals surface area (Å²) < 4.78 is 0. The van der Waals surface area contributed by atoms with E-state index in [9.17, 15) is 4.79 Å². The molecule has 2 heterocycles. The van der Waals surface area contributed by atoms with Crippen molar-refractivity contribution in [2.45, 2.75) is 6.92 Å². The Labute approximate surface area is 126 Å². The minimum atomic E-state index is -1.03. The number of carboxylic acids is 1. The van der Waals surface area contributed by atoms with Crippen LogP contribution in [0, 0.1) is 6.92 Å². The molecular formula is C16H14N4O2. The lowest BCUT2D eigenvalue weighted by atomic mass is 10.1. The fourth-order valence-electron chi connectivity index (χ4n) is 2.20. The Morgan fingerprint density at radius 3 is 2.77 bits per heavy atom. The second-order valence-electron chi connectivity index (χ2n) is 4.97. The molecule has 3 rings (SSSR count). The number of nitrogens with two attached hydrogens (primary N) is 1. The summed E-state index contributed by atoms with van der Waals surface area (Å²) in [5.74, 6) is -0.483. The van der Waals surface area contributed by atoms with Gasteiger partial charge in [0, 0.05) is 17.3 Å². The summed E-state index contributed by atoms with van der Waals surface area (Å²) in [7, 11) is 0. The van der Waals surface area contributed by atoms with Gasteiger partial charge in [0.2, 0.25) is 0 Å². The normalized spacial score (nSPS) is 10.6. The van der Waals surface area contributed by atoms with Gasteiger partial charge in [0.05, 0.1) is 17.6 Å². The van der Waals surface area contributed by atoms with Crippen LogP contribution in [-0.4, -0.2) is 26.0 Å². The van der Waals surface area contributed by atoms with Gasteiger partial charge in [-0.25, -0.2) is 14.8 Å². The fourth-order valence-corrected chi connectivity index (χ4v) is 2.20. The van der Waals surface area contributed by atoms with E-state index in [2.05, 4.69) is 15.0 Å². The minimum absolute atomic E-state index is 0.0881. The van der Waals surface area contributed by atoms with Gasteiger partial charge in [-0.2, -0.15) is 0 Å². The summed E-state index contributed by atoms with van der Waals surface area (Å²) >= 11 is 0. The summed E-state index contributed by atoms with van der Waals surface area (Å²) in [6.45, 7) is 1.99. The van der Waals surface area contributed by atoms with Crippen LogP contribution in [0.5, 0.6) is 0 Å². The second kappa shape index (κ2) is 5.33. The number of hydrogen-bond acceptors (Lipinski definition) is 4. The summed E-state index contributed by atoms with van der Waals surface area (Å²) in [6, 6.07) is 9.33. The van der Waals surface area contributed by atoms with Gasteiger partial charge < -0.3 is 15.8 Å². The van der Waals surface area contributed by atoms with Crippen molar-refractivity contribution in [2.24, 2.45) is 0 Å². The highest BCUT2D eigenvalue weighted by Crippen LogP contribution is 2.26. The van der Waals surface area contributed by atoms with Crippen molar-refractivity contribution in [3.63, 3.8) is 0 Å². The van der Waals surface area contributed by atoms with Crippen LogP contribution in [0.25, 0.3) is 22.6 Å². The number of aromatic amines is 1. The van der Waals surface area contributed by atoms with Crippen LogP contribution in [0.15, 0.2) is 42.7 Å². The van der Waals surface area contributed by atoms with E-state index in [1.54, 1.807) is 6.20 Å². The van der Waals surface area contributed by atoms with Crippen molar-refractivity contribution in [3.05, 3.63) is 54.0 Å². The third-order valence-electron chi connectivity index (χ3n) is 3.28. The third-order valence-corrected chi connectivity index (χ3v) is 3.28. The summed E-state index contributed by atoms with van der Waals surface area (Å²) in [5.41, 5.74) is 9.53. The Morgan fingerprint density at radius 2 is 2.09 bits per heavy atom. The van der Waals surface area contributed by atoms with E-state index >= 15 is 0 Å². The predicted octanol–water partition coefficient (Wildman–Crippen LogP) is 2.73. The number of aryl methyl sites for hydroxylation is 1. The molecule has 0 atom stereocenters. The van der Waals surface area contributed by atoms with E-state index in [4.69, 9.17) is 10.8 Å². The van der Waals surface area contributed by atoms with Gasteiger partial charge in [0.1, 0.15) is 5.69 Å². The average Bonchev–Trinajstić information content (AvgIpc) is 2.97. The van der Waals surface area contributed by atoms with Crippen molar-refractivity contribution in [3.8, 4) is 22.6 Å². The fraction of sp³-hybridized carbons (Fsp3) is 0.0625. The predicted molar refractivity (Wildman–Crippen MR) is 83.4 cm³/mol. The Hall–Kier alpha value is -3.15. The molecule has 4 N–H and O–H groups in total. The number of aromatic nitrogens is 3. The molecule has 0 aliphatic heterocycles. The quantitative estimate of drug-likeness (QED) is 0.689. The van der Waals surface area contributed by atoms with Gasteiger partial charge in [0.25, 0.3) is 0 Å². The zero-order chi connectivity index (χ0) is 15.7. The molecule has 6 nitrogen and oxygen atoms in total. The standard InChI is InChI=1S/C16H14N4O2/c1-9-3-2-4-10(5-9)15-19-8-12(17)14(20-15)11-6-13(16(21)22)18-7-11/h2-8,18H,17H2,1H3,(H,21,22). The Kier molecular flexibility index (Phi) is 3.34. The van der Waals surface area contributed by atoms with Crippen LogP contribution < -0.4 is 5.73 Å². The maximum Gasteiger partial charge on any atom is 0.352 e. The highest BCUT2D eigenvalue weighted by Gasteiger charge is 2.13. The number of carbonyl (C=O) groups is 1. The van der Waals surface area contributed by atoms with Crippen molar-refractivity contribution in [1.82, 2.24) is 15.0 Å². The Balaban J connectivity index is 2.08. The van der Waals surface area contributed by atoms with E-state index in [0.29, 0.717) is 22.8 Å². The second-order valence-corrected chi connectivity index (χ2v) is 4.97. The molecule has 0 spiro atoms. The SMILES string of the molecule is Cc1cccc(-c2ncc(N)c(-c3c[nH]c(C(=O)O)c3)n2)c1. The molecule has 0 unspecified atom stereocenters. The molecule has 0 saturated heterocycles. The van der Waals surface area contributed by atoms with Crippen molar-refractivity contribution >= 4 is 11.7 Å². The van der Waals surface area contributed by atoms with Gasteiger partial charge in [-0.1, -0.05) is 23.8 Å². The van der Waals surface area contributed by atoms with Gasteiger partial charge in [-0.05, 0) is 19.1 Å². The number of rotatable bonds is 3. The van der Waals surface area contributed by atoms with E-state index in [-0.39, 0.29) is 5.69 Å². The number of carboxylic acid groups (broad SMARTS) is 1. The number of hydrogen-bond donors (Lipinski definition) is 3. The van der Waals surface area contributed by atoms with E-state index < -0.39 is 5.97 Å². The van der Waals surface area contributed by atoms with Crippen LogP contribution in [0.1, 0.15) is 16.1 Å². The first-order valence-corrected chi connectivity index (χ1v) is 6.66. The summed E-state index contributed by atoms with van der Waals surface area (Å²) in [5, 5.41) is 8.98. The maximum absolute atomic E-state index is 11.0. The molecule has 0 saturated carbocycles. The van der Waals surface area contributed by atoms with E-state index in [1.165, 1.54) is 12.3 Å². The summed E-state index contributed by atoms with van der Waals surface area (Å²) in [6.07, 6.45) is 3.11. The van der Waals surface area contributed by atoms with Gasteiger partial charge in [-0.3, -0.25) is 0 Å². The average molecular weight is 294 g/mol. The molecule has 3 aromatic rings. The molecule has 0 aliphatic rings. The number of nitrogens with one attached hydrogen (secondary N) is 1.